The summed E-state index contributed by atoms with van der Waals surface area (Å²) in [5.74, 6) is -0.897. The summed E-state index contributed by atoms with van der Waals surface area (Å²) in [6, 6.07) is 17.0. The molecule has 38 heavy (non-hydrogen) atoms. The van der Waals surface area contributed by atoms with Crippen LogP contribution in [0.2, 0.25) is 0 Å². The van der Waals surface area contributed by atoms with Gasteiger partial charge in [-0.3, -0.25) is 14.5 Å². The van der Waals surface area contributed by atoms with E-state index in [2.05, 4.69) is 10.2 Å². The first-order chi connectivity index (χ1) is 18.1. The number of nitrogens with zero attached hydrogens (tertiary/aromatic N) is 1. The Morgan fingerprint density at radius 2 is 1.74 bits per heavy atom. The molecule has 1 atom stereocenters. The maximum absolute atomic E-state index is 13.5. The predicted octanol–water partition coefficient (Wildman–Crippen LogP) is 4.01. The summed E-state index contributed by atoms with van der Waals surface area (Å²) in [6.45, 7) is 5.13. The number of carbonyl (C=O) groups excluding carboxylic acids is 2. The Hall–Kier alpha value is -4.17. The summed E-state index contributed by atoms with van der Waals surface area (Å²) in [4.78, 5) is 38.4. The first-order valence-corrected chi connectivity index (χ1v) is 12.7. The number of carboxylic acid groups (broad SMARTS) is 1. The number of primary amides is 1. The highest BCUT2D eigenvalue weighted by Gasteiger charge is 2.60. The molecule has 2 saturated heterocycles. The third-order valence-electron chi connectivity index (χ3n) is 7.94. The van der Waals surface area contributed by atoms with Crippen molar-refractivity contribution in [3.8, 4) is 16.9 Å². The van der Waals surface area contributed by atoms with Gasteiger partial charge >= 0.3 is 5.97 Å². The Balaban J connectivity index is 1.33. The first-order valence-electron chi connectivity index (χ1n) is 12.7. The maximum Gasteiger partial charge on any atom is 0.335 e. The van der Waals surface area contributed by atoms with E-state index in [4.69, 9.17) is 10.8 Å². The number of hydrogen-bond donors (Lipinski definition) is 4. The minimum atomic E-state index is -0.984. The number of hydrogen-bond acceptors (Lipinski definition) is 5. The quantitative estimate of drug-likeness (QED) is 0.360. The number of aromatic hydroxyl groups is 1. The molecule has 5 N–H and O–H groups in total. The first kappa shape index (κ1) is 25.5. The number of phenols is 1. The average Bonchev–Trinajstić information content (AvgIpc) is 3.38. The minimum absolute atomic E-state index is 0.0284. The Bertz CT molecular complexity index is 1430. The number of phenolic OH excluding ortho intramolecular Hbond substituents is 1. The molecule has 2 amide bonds. The van der Waals surface area contributed by atoms with Gasteiger partial charge in [-0.2, -0.15) is 0 Å². The van der Waals surface area contributed by atoms with Gasteiger partial charge in [0, 0.05) is 18.7 Å². The number of carbonyl (C=O) groups is 3. The van der Waals surface area contributed by atoms with Crippen molar-refractivity contribution >= 4 is 17.8 Å². The van der Waals surface area contributed by atoms with Gasteiger partial charge in [0.05, 0.1) is 11.6 Å². The van der Waals surface area contributed by atoms with Crippen molar-refractivity contribution in [2.45, 2.75) is 44.8 Å². The van der Waals surface area contributed by atoms with E-state index in [-0.39, 0.29) is 23.3 Å². The molecule has 196 valence electrons. The van der Waals surface area contributed by atoms with Gasteiger partial charge in [-0.15, -0.1) is 0 Å². The average molecular weight is 514 g/mol. The highest BCUT2D eigenvalue weighted by molar-refractivity contribution is 5.94. The number of aromatic carboxylic acids is 1. The van der Waals surface area contributed by atoms with Crippen molar-refractivity contribution < 1.29 is 24.6 Å². The van der Waals surface area contributed by atoms with Crippen molar-refractivity contribution in [1.82, 2.24) is 10.2 Å². The fraction of sp³-hybridized carbons (Fsp3) is 0.300. The lowest BCUT2D eigenvalue weighted by Gasteiger charge is -2.41. The van der Waals surface area contributed by atoms with E-state index in [0.717, 1.165) is 47.2 Å². The lowest BCUT2D eigenvalue weighted by molar-refractivity contribution is -0.135. The number of aryl methyl sites for hydroxylation is 1. The number of nitrogens with one attached hydrogen (secondary N) is 1. The Labute approximate surface area is 221 Å². The summed E-state index contributed by atoms with van der Waals surface area (Å²) in [7, 11) is 0. The van der Waals surface area contributed by atoms with Gasteiger partial charge in [-0.25, -0.2) is 4.79 Å². The van der Waals surface area contributed by atoms with Crippen molar-refractivity contribution in [3.05, 3.63) is 88.5 Å². The largest absolute Gasteiger partial charge is 0.508 e. The van der Waals surface area contributed by atoms with Crippen LogP contribution in [0.3, 0.4) is 0 Å². The van der Waals surface area contributed by atoms with Crippen molar-refractivity contribution in [2.75, 3.05) is 6.54 Å². The van der Waals surface area contributed by atoms with Gasteiger partial charge in [0.25, 0.3) is 0 Å². The van der Waals surface area contributed by atoms with E-state index in [0.29, 0.717) is 18.0 Å². The standard InChI is InChI=1S/C30H31N3O5/c1-17-9-23(27(31)35)7-8-26(17)24-10-19(11-25(34)12-24)15-33-16-20-13-30(33,14-20)29(38)32-18(2)21-3-5-22(6-4-21)28(36)37/h3-12,18,20,34H,13-16H2,1-2H3,(H2,31,35)(H,32,38)(H,36,37)/t18-,20?,30?/m0/s1. The fourth-order valence-corrected chi connectivity index (χ4v) is 5.92. The summed E-state index contributed by atoms with van der Waals surface area (Å²) in [5, 5.41) is 22.8. The van der Waals surface area contributed by atoms with Crippen LogP contribution in [0.15, 0.2) is 60.7 Å². The van der Waals surface area contributed by atoms with E-state index in [9.17, 15) is 19.5 Å². The second-order valence-electron chi connectivity index (χ2n) is 10.6. The topological polar surface area (TPSA) is 133 Å². The zero-order valence-corrected chi connectivity index (χ0v) is 21.4. The molecule has 8 nitrogen and oxygen atoms in total. The zero-order valence-electron chi connectivity index (χ0n) is 21.4. The lowest BCUT2D eigenvalue weighted by Crippen LogP contribution is -2.57. The van der Waals surface area contributed by atoms with Crippen LogP contribution in [-0.2, 0) is 11.3 Å². The highest BCUT2D eigenvalue weighted by Crippen LogP contribution is 2.51. The number of fused-ring (bicyclic) bond motifs is 1. The molecule has 8 heteroatoms. The van der Waals surface area contributed by atoms with Crippen molar-refractivity contribution in [3.63, 3.8) is 0 Å². The second-order valence-corrected chi connectivity index (χ2v) is 10.6. The smallest absolute Gasteiger partial charge is 0.335 e. The molecule has 6 rings (SSSR count). The third-order valence-corrected chi connectivity index (χ3v) is 7.94. The van der Waals surface area contributed by atoms with Crippen LogP contribution in [0.4, 0.5) is 0 Å². The Morgan fingerprint density at radius 1 is 1.05 bits per heavy atom. The minimum Gasteiger partial charge on any atom is -0.508 e. The van der Waals surface area contributed by atoms with Crippen LogP contribution in [-0.4, -0.2) is 45.0 Å². The molecule has 2 bridgehead atoms. The molecule has 1 saturated carbocycles. The van der Waals surface area contributed by atoms with Crippen LogP contribution in [0, 0.1) is 12.8 Å². The summed E-state index contributed by atoms with van der Waals surface area (Å²) in [5.41, 5.74) is 9.80. The molecular formula is C30H31N3O5. The molecule has 0 radical (unpaired) electrons. The molecule has 2 aliphatic heterocycles. The third kappa shape index (κ3) is 4.63. The van der Waals surface area contributed by atoms with Crippen LogP contribution >= 0.6 is 0 Å². The maximum atomic E-state index is 13.5. The fourth-order valence-electron chi connectivity index (χ4n) is 5.92. The molecule has 3 aliphatic rings. The second kappa shape index (κ2) is 9.61. The van der Waals surface area contributed by atoms with Crippen LogP contribution in [0.1, 0.15) is 63.2 Å². The normalized spacial score (nSPS) is 20.9. The molecule has 3 fully saturated rings. The van der Waals surface area contributed by atoms with Gasteiger partial charge in [0.15, 0.2) is 0 Å². The Kier molecular flexibility index (Phi) is 6.44. The van der Waals surface area contributed by atoms with Crippen molar-refractivity contribution in [2.24, 2.45) is 11.7 Å². The Morgan fingerprint density at radius 3 is 2.37 bits per heavy atom. The predicted molar refractivity (Wildman–Crippen MR) is 143 cm³/mol. The molecule has 0 unspecified atom stereocenters. The SMILES string of the molecule is Cc1cc(C(N)=O)ccc1-c1cc(O)cc(CN2CC3CC2(C(=O)N[C@@H](C)c2ccc(C(=O)O)cc2)C3)c1. The molecule has 2 heterocycles. The van der Waals surface area contributed by atoms with Crippen LogP contribution < -0.4 is 11.1 Å². The molecule has 0 spiro atoms. The molecule has 3 aromatic carbocycles. The van der Waals surface area contributed by atoms with E-state index in [1.165, 1.54) is 0 Å². The van der Waals surface area contributed by atoms with E-state index in [1.54, 1.807) is 48.5 Å². The summed E-state index contributed by atoms with van der Waals surface area (Å²) in [6.07, 6.45) is 1.59. The van der Waals surface area contributed by atoms with E-state index >= 15 is 0 Å². The number of carboxylic acids is 1. The van der Waals surface area contributed by atoms with E-state index in [1.807, 2.05) is 26.0 Å². The van der Waals surface area contributed by atoms with Gasteiger partial charge < -0.3 is 21.3 Å². The number of benzene rings is 3. The van der Waals surface area contributed by atoms with Crippen LogP contribution in [0.5, 0.6) is 5.75 Å². The monoisotopic (exact) mass is 513 g/mol. The highest BCUT2D eigenvalue weighted by atomic mass is 16.4. The van der Waals surface area contributed by atoms with E-state index < -0.39 is 17.4 Å². The van der Waals surface area contributed by atoms with Gasteiger partial charge in [-0.1, -0.05) is 18.2 Å². The number of amides is 2. The number of rotatable bonds is 8. The van der Waals surface area contributed by atoms with Crippen molar-refractivity contribution in [1.29, 1.82) is 0 Å². The number of nitrogens with two attached hydrogens (primary N) is 1. The molecule has 3 aromatic rings. The summed E-state index contributed by atoms with van der Waals surface area (Å²) >= 11 is 0. The molecule has 1 aliphatic carbocycles. The van der Waals surface area contributed by atoms with Gasteiger partial charge in [0.2, 0.25) is 11.8 Å². The van der Waals surface area contributed by atoms with Gasteiger partial charge in [0.1, 0.15) is 11.3 Å². The zero-order chi connectivity index (χ0) is 27.2. The van der Waals surface area contributed by atoms with Crippen LogP contribution in [0.25, 0.3) is 11.1 Å². The lowest BCUT2D eigenvalue weighted by atomic mass is 9.72. The summed E-state index contributed by atoms with van der Waals surface area (Å²) < 4.78 is 0. The molecule has 0 aromatic heterocycles. The van der Waals surface area contributed by atoms with Gasteiger partial charge in [-0.05, 0) is 103 Å². The molecular weight excluding hydrogens is 482 g/mol.